The standard InChI is InChI=1S/C26H35N5O3.C21H31N3O4.C14H26N2O2.C8H13ClO2/c1-25(2,3)34-24(33)31-16-12-26(13-17-31)10-14-30(15-11-26)22-9-8-19(18-28-22)23(32)29-21-7-5-4-6-20(21)27;1-20(2,3)28-19(26)24-13-9-21(10-14-24)7-11-23(12-8-21)17-6-5-16(15-22-17)18(25)27-4;1-13(2,3)18-12(17)16-10-6-14(7-11-16)4-8-15-9-5-14;1-11-8(10)6-2-4-7(9)5-3-6/h4-9,18H,10-17,27H2,1-3H3,(H,29,32);5-6,15H,7-14H2,1-4H3;15H,4-11H2,1-3H3;6-7H,2-5H2,1H3. The molecular formula is C69H105ClN10O11. The van der Waals surface area contributed by atoms with Gasteiger partial charge in [0.25, 0.3) is 5.91 Å². The number of carbonyl (C=O) groups excluding carboxylic acids is 6. The number of benzene rings is 1. The Morgan fingerprint density at radius 1 is 0.516 bits per heavy atom. The van der Waals surface area contributed by atoms with E-state index in [-0.39, 0.29) is 58.4 Å². The molecule has 3 spiro atoms. The van der Waals surface area contributed by atoms with Crippen LogP contribution >= 0.6 is 11.6 Å². The summed E-state index contributed by atoms with van der Waals surface area (Å²) in [6.07, 6.45) is 19.5. The number of rotatable bonds is 6. The maximum absolute atomic E-state index is 12.6. The highest BCUT2D eigenvalue weighted by Crippen LogP contribution is 2.44. The summed E-state index contributed by atoms with van der Waals surface area (Å²) in [5, 5.41) is 6.52. The van der Waals surface area contributed by atoms with Crippen molar-refractivity contribution in [3.63, 3.8) is 0 Å². The number of nitrogens with zero attached hydrogens (tertiary/aromatic N) is 7. The Balaban J connectivity index is 0.000000185. The number of hydrogen-bond acceptors (Lipinski definition) is 17. The lowest BCUT2D eigenvalue weighted by molar-refractivity contribution is -0.146. The fourth-order valence-electron chi connectivity index (χ4n) is 13.1. The highest BCUT2D eigenvalue weighted by Gasteiger charge is 2.42. The van der Waals surface area contributed by atoms with Gasteiger partial charge in [-0.1, -0.05) is 12.1 Å². The Labute approximate surface area is 545 Å². The summed E-state index contributed by atoms with van der Waals surface area (Å²) < 4.78 is 25.8. The second-order valence-corrected chi connectivity index (χ2v) is 29.6. The Hall–Kier alpha value is -6.61. The predicted molar refractivity (Wildman–Crippen MR) is 356 cm³/mol. The van der Waals surface area contributed by atoms with Crippen LogP contribution in [-0.4, -0.2) is 176 Å². The molecule has 10 rings (SSSR count). The average Bonchev–Trinajstić information content (AvgIpc) is 1.39. The minimum Gasteiger partial charge on any atom is -0.469 e. The molecule has 4 amide bonds. The van der Waals surface area contributed by atoms with Gasteiger partial charge >= 0.3 is 30.2 Å². The third-order valence-corrected chi connectivity index (χ3v) is 19.4. The largest absolute Gasteiger partial charge is 0.469 e. The maximum atomic E-state index is 12.6. The summed E-state index contributed by atoms with van der Waals surface area (Å²) in [7, 11) is 2.81. The Bertz CT molecular complexity index is 2830. The molecule has 1 saturated carbocycles. The van der Waals surface area contributed by atoms with Gasteiger partial charge in [-0.15, -0.1) is 11.6 Å². The van der Waals surface area contributed by atoms with Gasteiger partial charge in [-0.2, -0.15) is 0 Å². The minimum atomic E-state index is -0.463. The third-order valence-electron chi connectivity index (χ3n) is 19.0. The van der Waals surface area contributed by atoms with Crippen molar-refractivity contribution in [2.75, 3.05) is 114 Å². The molecule has 7 aliphatic rings. The number of aromatic nitrogens is 2. The van der Waals surface area contributed by atoms with Gasteiger partial charge < -0.3 is 64.6 Å². The van der Waals surface area contributed by atoms with E-state index in [9.17, 15) is 28.8 Å². The Morgan fingerprint density at radius 3 is 1.24 bits per heavy atom. The maximum Gasteiger partial charge on any atom is 0.410 e. The first-order valence-corrected chi connectivity index (χ1v) is 33.5. The van der Waals surface area contributed by atoms with Crippen LogP contribution in [0.25, 0.3) is 0 Å². The molecule has 7 fully saturated rings. The number of carbonyl (C=O) groups is 6. The minimum absolute atomic E-state index is 0.0754. The number of ether oxygens (including phenoxy) is 5. The molecule has 0 radical (unpaired) electrons. The monoisotopic (exact) mass is 1280 g/mol. The zero-order chi connectivity index (χ0) is 66.2. The molecule has 0 bridgehead atoms. The molecule has 91 heavy (non-hydrogen) atoms. The van der Waals surface area contributed by atoms with Crippen molar-refractivity contribution in [3.05, 3.63) is 72.1 Å². The van der Waals surface area contributed by atoms with Crippen LogP contribution in [0, 0.1) is 22.2 Å². The number of alkyl halides is 1. The number of hydrogen-bond donors (Lipinski definition) is 3. The number of nitrogen functional groups attached to an aromatic ring is 1. The van der Waals surface area contributed by atoms with Crippen molar-refractivity contribution in [2.24, 2.45) is 22.2 Å². The first kappa shape index (κ1) is 71.8. The van der Waals surface area contributed by atoms with E-state index in [1.807, 2.05) is 101 Å². The lowest BCUT2D eigenvalue weighted by Gasteiger charge is -2.47. The normalized spacial score (nSPS) is 21.3. The molecule has 6 aliphatic heterocycles. The van der Waals surface area contributed by atoms with Gasteiger partial charge in [0.15, 0.2) is 0 Å². The zero-order valence-corrected chi connectivity index (χ0v) is 57.1. The van der Waals surface area contributed by atoms with Gasteiger partial charge in [0.2, 0.25) is 0 Å². The number of amides is 4. The van der Waals surface area contributed by atoms with Crippen molar-refractivity contribution in [1.29, 1.82) is 0 Å². The first-order valence-electron chi connectivity index (χ1n) is 33.0. The van der Waals surface area contributed by atoms with E-state index in [1.165, 1.54) is 27.1 Å². The highest BCUT2D eigenvalue weighted by atomic mass is 35.5. The second kappa shape index (κ2) is 31.8. The number of nitrogens with two attached hydrogens (primary N) is 1. The molecule has 1 aromatic carbocycles. The van der Waals surface area contributed by atoms with Crippen LogP contribution in [0.5, 0.6) is 0 Å². The van der Waals surface area contributed by atoms with Crippen LogP contribution in [0.3, 0.4) is 0 Å². The number of piperidine rings is 6. The van der Waals surface area contributed by atoms with Crippen molar-refractivity contribution < 1.29 is 52.5 Å². The SMILES string of the molecule is CC(C)(C)OC(=O)N1CCC2(CC1)CCN(c1ccc(C(=O)Nc3ccccc3N)cn1)CC2.CC(C)(C)OC(=O)N1CCC2(CCNCC2)CC1.COC(=O)C1CCC(Cl)CC1.COC(=O)c1ccc(N2CCC3(CCN(C(=O)OC(C)(C)C)CC3)CC2)nc1. The molecule has 0 atom stereocenters. The van der Waals surface area contributed by atoms with Gasteiger partial charge in [-0.25, -0.2) is 29.1 Å². The van der Waals surface area contributed by atoms with E-state index < -0.39 is 11.2 Å². The fraction of sp³-hybridized carbons (Fsp3) is 0.681. The molecule has 21 nitrogen and oxygen atoms in total. The number of halogens is 1. The number of anilines is 4. The summed E-state index contributed by atoms with van der Waals surface area (Å²) in [5.41, 5.74) is 7.77. The molecule has 3 aromatic rings. The number of esters is 2. The number of methoxy groups -OCH3 is 2. The molecule has 6 saturated heterocycles. The molecule has 1 aliphatic carbocycles. The summed E-state index contributed by atoms with van der Waals surface area (Å²) in [5.74, 6) is 1.22. The smallest absolute Gasteiger partial charge is 0.410 e. The van der Waals surface area contributed by atoms with Crippen LogP contribution in [0.15, 0.2) is 60.9 Å². The molecule has 504 valence electrons. The van der Waals surface area contributed by atoms with Crippen molar-refractivity contribution >= 4 is 70.7 Å². The summed E-state index contributed by atoms with van der Waals surface area (Å²) in [6, 6.07) is 14.5. The van der Waals surface area contributed by atoms with Crippen LogP contribution in [0.4, 0.5) is 37.4 Å². The van der Waals surface area contributed by atoms with Crippen molar-refractivity contribution in [1.82, 2.24) is 30.0 Å². The molecule has 22 heteroatoms. The Kier molecular flexibility index (Phi) is 25.1. The van der Waals surface area contributed by atoms with Crippen LogP contribution < -0.4 is 26.2 Å². The van der Waals surface area contributed by atoms with E-state index in [2.05, 4.69) is 35.1 Å². The summed E-state index contributed by atoms with van der Waals surface area (Å²) in [6.45, 7) is 27.9. The summed E-state index contributed by atoms with van der Waals surface area (Å²) in [4.78, 5) is 90.8. The molecule has 8 heterocycles. The average molecular weight is 1290 g/mol. The van der Waals surface area contributed by atoms with E-state index in [0.29, 0.717) is 33.3 Å². The van der Waals surface area contributed by atoms with Gasteiger partial charge in [0, 0.05) is 83.2 Å². The topological polar surface area (TPSA) is 241 Å². The van der Waals surface area contributed by atoms with E-state index >= 15 is 0 Å². The third kappa shape index (κ3) is 21.7. The molecule has 4 N–H and O–H groups in total. The second-order valence-electron chi connectivity index (χ2n) is 28.9. The van der Waals surface area contributed by atoms with Gasteiger partial charge in [-0.3, -0.25) is 9.59 Å². The van der Waals surface area contributed by atoms with Crippen molar-refractivity contribution in [3.8, 4) is 0 Å². The lowest BCUT2D eigenvalue weighted by atomic mass is 9.71. The van der Waals surface area contributed by atoms with Crippen LogP contribution in [0.1, 0.15) is 186 Å². The lowest BCUT2D eigenvalue weighted by Crippen LogP contribution is -2.49. The highest BCUT2D eigenvalue weighted by molar-refractivity contribution is 6.20. The Morgan fingerprint density at radius 2 is 0.890 bits per heavy atom. The molecule has 2 aromatic heterocycles. The van der Waals surface area contributed by atoms with Crippen molar-refractivity contribution in [2.45, 2.75) is 187 Å². The van der Waals surface area contributed by atoms with Crippen LogP contribution in [0.2, 0.25) is 0 Å². The van der Waals surface area contributed by atoms with E-state index in [4.69, 9.17) is 36.3 Å². The molecular weight excluding hydrogens is 1180 g/mol. The fourth-order valence-corrected chi connectivity index (χ4v) is 13.4. The number of likely N-dealkylation sites (tertiary alicyclic amines) is 3. The summed E-state index contributed by atoms with van der Waals surface area (Å²) >= 11 is 5.88. The number of pyridine rings is 2. The number of nitrogens with one attached hydrogen (secondary N) is 2. The van der Waals surface area contributed by atoms with E-state index in [1.54, 1.807) is 36.7 Å². The molecule has 0 unspecified atom stereocenters. The van der Waals surface area contributed by atoms with Gasteiger partial charge in [0.1, 0.15) is 28.4 Å². The number of para-hydroxylation sites is 2. The van der Waals surface area contributed by atoms with E-state index in [0.717, 1.165) is 180 Å². The first-order chi connectivity index (χ1) is 43.0. The quantitative estimate of drug-likeness (QED) is 0.0899. The van der Waals surface area contributed by atoms with Crippen LogP contribution in [-0.2, 0) is 28.5 Å². The van der Waals surface area contributed by atoms with Gasteiger partial charge in [-0.05, 0) is 231 Å². The predicted octanol–water partition coefficient (Wildman–Crippen LogP) is 12.4. The zero-order valence-electron chi connectivity index (χ0n) is 56.3. The van der Waals surface area contributed by atoms with Gasteiger partial charge in [0.05, 0.1) is 42.6 Å².